The Morgan fingerprint density at radius 1 is 1.10 bits per heavy atom. The molecule has 0 heterocycles. The predicted molar refractivity (Wildman–Crippen MR) is 73.1 cm³/mol. The van der Waals surface area contributed by atoms with Crippen LogP contribution in [0.15, 0.2) is 40.9 Å². The van der Waals surface area contributed by atoms with Gasteiger partial charge in [0.25, 0.3) is 0 Å². The Morgan fingerprint density at radius 2 is 1.62 bits per heavy atom. The molecule has 0 aliphatic rings. The lowest BCUT2D eigenvalue weighted by atomic mass is 9.91. The number of carbonyl (C=O) groups excluding carboxylic acids is 1. The summed E-state index contributed by atoms with van der Waals surface area (Å²) in [6.07, 6.45) is 0. The monoisotopic (exact) mass is 353 g/mol. The minimum absolute atomic E-state index is 0.143. The van der Waals surface area contributed by atoms with Crippen LogP contribution < -0.4 is 0 Å². The molecule has 0 N–H and O–H groups in total. The highest BCUT2D eigenvalue weighted by Gasteiger charge is 2.27. The molecule has 1 unspecified atom stereocenters. The SMILES string of the molecule is N#CC(C(=O)c1c(F)cc(Br)cc1F)c1ccc(F)cc1. The maximum absolute atomic E-state index is 13.8. The first kappa shape index (κ1) is 15.3. The topological polar surface area (TPSA) is 40.9 Å². The summed E-state index contributed by atoms with van der Waals surface area (Å²) in [5.41, 5.74) is -0.611. The molecule has 2 nitrogen and oxygen atoms in total. The van der Waals surface area contributed by atoms with E-state index in [0.29, 0.717) is 0 Å². The molecule has 0 saturated heterocycles. The van der Waals surface area contributed by atoms with E-state index in [0.717, 1.165) is 24.3 Å². The molecule has 0 saturated carbocycles. The van der Waals surface area contributed by atoms with Crippen molar-refractivity contribution >= 4 is 21.7 Å². The summed E-state index contributed by atoms with van der Waals surface area (Å²) in [5, 5.41) is 9.10. The maximum atomic E-state index is 13.8. The van der Waals surface area contributed by atoms with Crippen LogP contribution in [0.4, 0.5) is 13.2 Å². The average molecular weight is 354 g/mol. The molecule has 2 rings (SSSR count). The Bertz CT molecular complexity index is 715. The quantitative estimate of drug-likeness (QED) is 0.769. The molecule has 106 valence electrons. The van der Waals surface area contributed by atoms with E-state index in [1.54, 1.807) is 6.07 Å². The van der Waals surface area contributed by atoms with Gasteiger partial charge in [-0.2, -0.15) is 5.26 Å². The molecule has 6 heteroatoms. The van der Waals surface area contributed by atoms with Crippen LogP contribution in [0.2, 0.25) is 0 Å². The first-order valence-electron chi connectivity index (χ1n) is 5.78. The van der Waals surface area contributed by atoms with Crippen LogP contribution in [0.25, 0.3) is 0 Å². The fraction of sp³-hybridized carbons (Fsp3) is 0.0667. The van der Waals surface area contributed by atoms with E-state index in [4.69, 9.17) is 5.26 Å². The van der Waals surface area contributed by atoms with E-state index in [1.807, 2.05) is 0 Å². The van der Waals surface area contributed by atoms with Gasteiger partial charge in [0.1, 0.15) is 23.4 Å². The Hall–Kier alpha value is -2.13. The van der Waals surface area contributed by atoms with Crippen LogP contribution in [0.5, 0.6) is 0 Å². The van der Waals surface area contributed by atoms with E-state index < -0.39 is 34.7 Å². The van der Waals surface area contributed by atoms with Crippen LogP contribution in [0.1, 0.15) is 21.8 Å². The summed E-state index contributed by atoms with van der Waals surface area (Å²) in [5.74, 6) is -5.07. The summed E-state index contributed by atoms with van der Waals surface area (Å²) in [6.45, 7) is 0. The largest absolute Gasteiger partial charge is 0.292 e. The zero-order valence-corrected chi connectivity index (χ0v) is 12.0. The number of ketones is 1. The van der Waals surface area contributed by atoms with Crippen LogP contribution in [-0.4, -0.2) is 5.78 Å². The van der Waals surface area contributed by atoms with Crippen molar-refractivity contribution in [2.45, 2.75) is 5.92 Å². The average Bonchev–Trinajstić information content (AvgIpc) is 2.40. The molecule has 0 radical (unpaired) electrons. The second kappa shape index (κ2) is 6.10. The van der Waals surface area contributed by atoms with E-state index in [1.165, 1.54) is 12.1 Å². The molecule has 0 fully saturated rings. The number of benzene rings is 2. The van der Waals surface area contributed by atoms with Gasteiger partial charge in [-0.05, 0) is 29.8 Å². The van der Waals surface area contributed by atoms with Gasteiger partial charge in [0.2, 0.25) is 0 Å². The molecular formula is C15H7BrF3NO. The van der Waals surface area contributed by atoms with Gasteiger partial charge in [0, 0.05) is 4.47 Å². The minimum Gasteiger partial charge on any atom is -0.292 e. The molecule has 2 aromatic carbocycles. The van der Waals surface area contributed by atoms with Gasteiger partial charge >= 0.3 is 0 Å². The highest BCUT2D eigenvalue weighted by atomic mass is 79.9. The van der Waals surface area contributed by atoms with Gasteiger partial charge in [-0.25, -0.2) is 13.2 Å². The summed E-state index contributed by atoms with van der Waals surface area (Å²) in [6, 6.07) is 8.17. The van der Waals surface area contributed by atoms with Crippen molar-refractivity contribution < 1.29 is 18.0 Å². The molecule has 2 aromatic rings. The number of halogens is 4. The van der Waals surface area contributed by atoms with Crippen LogP contribution >= 0.6 is 15.9 Å². The second-order valence-electron chi connectivity index (χ2n) is 4.22. The fourth-order valence-electron chi connectivity index (χ4n) is 1.86. The Morgan fingerprint density at radius 3 is 2.10 bits per heavy atom. The van der Waals surface area contributed by atoms with Crippen molar-refractivity contribution in [3.05, 3.63) is 69.4 Å². The third kappa shape index (κ3) is 3.14. The van der Waals surface area contributed by atoms with E-state index in [2.05, 4.69) is 15.9 Å². The van der Waals surface area contributed by atoms with Crippen LogP contribution in [0, 0.1) is 28.8 Å². The van der Waals surface area contributed by atoms with E-state index in [-0.39, 0.29) is 10.0 Å². The van der Waals surface area contributed by atoms with Gasteiger partial charge < -0.3 is 0 Å². The predicted octanol–water partition coefficient (Wildman–Crippen LogP) is 4.36. The van der Waals surface area contributed by atoms with Crippen molar-refractivity contribution in [1.29, 1.82) is 5.26 Å². The Balaban J connectivity index is 2.47. The summed E-state index contributed by atoms with van der Waals surface area (Å²) in [7, 11) is 0. The van der Waals surface area contributed by atoms with Gasteiger partial charge in [0.15, 0.2) is 5.78 Å². The van der Waals surface area contributed by atoms with E-state index in [9.17, 15) is 18.0 Å². The van der Waals surface area contributed by atoms with Crippen molar-refractivity contribution in [3.8, 4) is 6.07 Å². The van der Waals surface area contributed by atoms with Crippen molar-refractivity contribution in [3.63, 3.8) is 0 Å². The first-order chi connectivity index (χ1) is 9.93. The maximum Gasteiger partial charge on any atom is 0.190 e. The lowest BCUT2D eigenvalue weighted by Gasteiger charge is -2.10. The third-order valence-corrected chi connectivity index (χ3v) is 3.31. The van der Waals surface area contributed by atoms with Crippen LogP contribution in [0.3, 0.4) is 0 Å². The summed E-state index contributed by atoms with van der Waals surface area (Å²) in [4.78, 5) is 12.2. The molecule has 0 spiro atoms. The first-order valence-corrected chi connectivity index (χ1v) is 6.57. The van der Waals surface area contributed by atoms with Crippen molar-refractivity contribution in [1.82, 2.24) is 0 Å². The number of nitrogens with zero attached hydrogens (tertiary/aromatic N) is 1. The molecule has 0 aliphatic carbocycles. The number of nitriles is 1. The molecular weight excluding hydrogens is 347 g/mol. The summed E-state index contributed by atoms with van der Waals surface area (Å²) >= 11 is 2.91. The zero-order valence-electron chi connectivity index (χ0n) is 10.4. The number of carbonyl (C=O) groups is 1. The molecule has 1 atom stereocenters. The lowest BCUT2D eigenvalue weighted by molar-refractivity contribution is 0.0970. The number of hydrogen-bond acceptors (Lipinski definition) is 2. The molecule has 0 bridgehead atoms. The molecule has 0 aliphatic heterocycles. The minimum atomic E-state index is -1.41. The number of Topliss-reactive ketones (excluding diaryl/α,β-unsaturated/α-hetero) is 1. The number of rotatable bonds is 3. The van der Waals surface area contributed by atoms with Crippen molar-refractivity contribution in [2.24, 2.45) is 0 Å². The highest BCUT2D eigenvalue weighted by Crippen LogP contribution is 2.26. The van der Waals surface area contributed by atoms with Gasteiger partial charge in [-0.3, -0.25) is 4.79 Å². The van der Waals surface area contributed by atoms with Gasteiger partial charge in [-0.15, -0.1) is 0 Å². The smallest absolute Gasteiger partial charge is 0.190 e. The highest BCUT2D eigenvalue weighted by molar-refractivity contribution is 9.10. The van der Waals surface area contributed by atoms with Gasteiger partial charge in [-0.1, -0.05) is 28.1 Å². The summed E-state index contributed by atoms with van der Waals surface area (Å²) < 4.78 is 40.6. The normalized spacial score (nSPS) is 11.8. The molecule has 21 heavy (non-hydrogen) atoms. The van der Waals surface area contributed by atoms with Crippen molar-refractivity contribution in [2.75, 3.05) is 0 Å². The Labute approximate surface area is 127 Å². The second-order valence-corrected chi connectivity index (χ2v) is 5.14. The van der Waals surface area contributed by atoms with Gasteiger partial charge in [0.05, 0.1) is 11.6 Å². The molecule has 0 amide bonds. The van der Waals surface area contributed by atoms with Crippen LogP contribution in [-0.2, 0) is 0 Å². The lowest BCUT2D eigenvalue weighted by Crippen LogP contribution is -2.15. The zero-order chi connectivity index (χ0) is 15.6. The third-order valence-electron chi connectivity index (χ3n) is 2.85. The standard InChI is InChI=1S/C15H7BrF3NO/c16-9-5-12(18)14(13(19)6-9)15(21)11(7-20)8-1-3-10(17)4-2-8/h1-6,11H. The van der Waals surface area contributed by atoms with E-state index >= 15 is 0 Å². The Kier molecular flexibility index (Phi) is 4.43. The number of hydrogen-bond donors (Lipinski definition) is 0. The molecule has 0 aromatic heterocycles. The fourth-order valence-corrected chi connectivity index (χ4v) is 2.26.